The zero-order valence-electron chi connectivity index (χ0n) is 14.7. The molecule has 0 saturated heterocycles. The van der Waals surface area contributed by atoms with Gasteiger partial charge in [0.25, 0.3) is 0 Å². The van der Waals surface area contributed by atoms with Crippen molar-refractivity contribution in [1.29, 1.82) is 0 Å². The zero-order chi connectivity index (χ0) is 17.4. The molecule has 0 unspecified atom stereocenters. The second kappa shape index (κ2) is 6.29. The maximum Gasteiger partial charge on any atom is 0.187 e. The second-order valence-electron chi connectivity index (χ2n) is 6.56. The third kappa shape index (κ3) is 2.57. The zero-order valence-corrected chi connectivity index (χ0v) is 15.5. The van der Waals surface area contributed by atoms with Crippen LogP contribution in [-0.2, 0) is 5.60 Å². The number of rotatable bonds is 4. The van der Waals surface area contributed by atoms with Gasteiger partial charge in [0, 0.05) is 21.2 Å². The van der Waals surface area contributed by atoms with Crippen LogP contribution in [0.3, 0.4) is 0 Å². The number of thiophene rings is 1. The Hall–Kier alpha value is -2.16. The van der Waals surface area contributed by atoms with E-state index in [9.17, 15) is 5.11 Å². The summed E-state index contributed by atoms with van der Waals surface area (Å²) >= 11 is 0. The molecule has 0 fully saturated rings. The Balaban J connectivity index is 1.92. The predicted octanol–water partition coefficient (Wildman–Crippen LogP) is 6.74. The summed E-state index contributed by atoms with van der Waals surface area (Å²) in [6.45, 7) is 4.09. The van der Waals surface area contributed by atoms with Gasteiger partial charge in [0.15, 0.2) is 14.3 Å². The summed E-state index contributed by atoms with van der Waals surface area (Å²) in [7, 11) is -0.0611. The van der Waals surface area contributed by atoms with Crippen molar-refractivity contribution in [3.05, 3.63) is 78.4 Å². The van der Waals surface area contributed by atoms with Gasteiger partial charge in [0.2, 0.25) is 0 Å². The molecule has 0 aliphatic rings. The fraction of sp³-hybridized carbons (Fsp3) is 0.217. The fourth-order valence-electron chi connectivity index (χ4n) is 3.67. The molecule has 25 heavy (non-hydrogen) atoms. The molecule has 2 heteroatoms. The maximum absolute atomic E-state index is 10.8. The monoisotopic (exact) mass is 347 g/mol. The molecule has 0 radical (unpaired) electrons. The van der Waals surface area contributed by atoms with Gasteiger partial charge in [-0.15, -0.1) is 0 Å². The van der Waals surface area contributed by atoms with Crippen molar-refractivity contribution in [2.75, 3.05) is 0 Å². The maximum atomic E-state index is 10.8. The van der Waals surface area contributed by atoms with Gasteiger partial charge in [-0.25, -0.2) is 0 Å². The Morgan fingerprint density at radius 3 is 1.68 bits per heavy atom. The largest absolute Gasteiger partial charge is 0.385 e. The lowest BCUT2D eigenvalue weighted by molar-refractivity contribution is 0.0284. The normalized spacial score (nSPS) is 12.1. The summed E-state index contributed by atoms with van der Waals surface area (Å²) in [5.74, 6) is 0. The Kier molecular flexibility index (Phi) is 4.10. The van der Waals surface area contributed by atoms with E-state index < -0.39 is 5.60 Å². The molecule has 0 amide bonds. The van der Waals surface area contributed by atoms with Crippen LogP contribution in [0, 0.1) is 0 Å². The highest BCUT2D eigenvalue weighted by Crippen LogP contribution is 2.48. The van der Waals surface area contributed by atoms with Gasteiger partial charge in [0.05, 0.1) is 5.60 Å². The molecular formula is C23H23OS+. The van der Waals surface area contributed by atoms with Gasteiger partial charge < -0.3 is 5.11 Å². The van der Waals surface area contributed by atoms with E-state index in [1.54, 1.807) is 0 Å². The van der Waals surface area contributed by atoms with Crippen LogP contribution in [0.5, 0.6) is 0 Å². The fourth-order valence-corrected chi connectivity index (χ4v) is 6.04. The van der Waals surface area contributed by atoms with E-state index in [-0.39, 0.29) is 10.5 Å². The van der Waals surface area contributed by atoms with E-state index >= 15 is 0 Å². The summed E-state index contributed by atoms with van der Waals surface area (Å²) in [4.78, 5) is 1.32. The van der Waals surface area contributed by atoms with Crippen molar-refractivity contribution < 1.29 is 5.11 Å². The van der Waals surface area contributed by atoms with Crippen LogP contribution in [0.25, 0.3) is 25.1 Å². The molecule has 0 aliphatic heterocycles. The third-order valence-corrected chi connectivity index (χ3v) is 7.64. The molecular weight excluding hydrogens is 324 g/mol. The molecule has 4 rings (SSSR count). The standard InChI is InChI=1S/C23H23OS/c1-3-23(24,4-2)17-13-15-18(16-14-17)25-21-11-7-5-9-19(21)20-10-6-8-12-22(20)25/h5-16,24H,3-4H2,1-2H3/q+1. The highest BCUT2D eigenvalue weighted by Gasteiger charge is 2.27. The topological polar surface area (TPSA) is 20.2 Å². The average Bonchev–Trinajstić information content (AvgIpc) is 3.02. The molecule has 3 aromatic carbocycles. The molecule has 0 spiro atoms. The van der Waals surface area contributed by atoms with Crippen LogP contribution in [0.15, 0.2) is 72.8 Å². The van der Waals surface area contributed by atoms with Crippen LogP contribution in [-0.4, -0.2) is 5.11 Å². The highest BCUT2D eigenvalue weighted by molar-refractivity contribution is 7.50. The molecule has 0 atom stereocenters. The van der Waals surface area contributed by atoms with Crippen molar-refractivity contribution in [3.63, 3.8) is 0 Å². The molecule has 126 valence electrons. The van der Waals surface area contributed by atoms with Gasteiger partial charge in [-0.05, 0) is 54.8 Å². The molecule has 4 aromatic rings. The minimum absolute atomic E-state index is 0.0611. The second-order valence-corrected chi connectivity index (χ2v) is 8.53. The van der Waals surface area contributed by atoms with Gasteiger partial charge in [-0.2, -0.15) is 0 Å². The quantitative estimate of drug-likeness (QED) is 0.405. The summed E-state index contributed by atoms with van der Waals surface area (Å²) < 4.78 is 2.80. The number of fused-ring (bicyclic) bond motifs is 3. The van der Waals surface area contributed by atoms with Crippen molar-refractivity contribution >= 4 is 30.6 Å². The smallest absolute Gasteiger partial charge is 0.187 e. The van der Waals surface area contributed by atoms with Gasteiger partial charge >= 0.3 is 0 Å². The van der Waals surface area contributed by atoms with Crippen molar-refractivity contribution in [1.82, 2.24) is 0 Å². The van der Waals surface area contributed by atoms with E-state index in [2.05, 4.69) is 72.8 Å². The first-order valence-electron chi connectivity index (χ1n) is 8.93. The minimum atomic E-state index is -0.715. The van der Waals surface area contributed by atoms with Crippen LogP contribution in [0.2, 0.25) is 0 Å². The summed E-state index contributed by atoms with van der Waals surface area (Å²) in [5.41, 5.74) is 0.304. The summed E-state index contributed by atoms with van der Waals surface area (Å²) in [5, 5.41) is 13.5. The molecule has 1 aromatic heterocycles. The molecule has 0 bridgehead atoms. The van der Waals surface area contributed by atoms with Crippen molar-refractivity contribution in [3.8, 4) is 4.90 Å². The Morgan fingerprint density at radius 2 is 1.20 bits per heavy atom. The van der Waals surface area contributed by atoms with E-state index in [0.29, 0.717) is 0 Å². The van der Waals surface area contributed by atoms with Gasteiger partial charge in [0.1, 0.15) is 0 Å². The first-order valence-corrected chi connectivity index (χ1v) is 10.2. The van der Waals surface area contributed by atoms with Crippen LogP contribution in [0.1, 0.15) is 32.3 Å². The van der Waals surface area contributed by atoms with E-state index in [4.69, 9.17) is 0 Å². The molecule has 0 saturated carbocycles. The van der Waals surface area contributed by atoms with Crippen molar-refractivity contribution in [2.45, 2.75) is 32.3 Å². The van der Waals surface area contributed by atoms with E-state index in [1.807, 2.05) is 13.8 Å². The lowest BCUT2D eigenvalue weighted by Crippen LogP contribution is -2.23. The van der Waals surface area contributed by atoms with E-state index in [1.165, 1.54) is 25.1 Å². The van der Waals surface area contributed by atoms with Gasteiger partial charge in [-0.1, -0.05) is 50.2 Å². The molecule has 1 heterocycles. The summed E-state index contributed by atoms with van der Waals surface area (Å²) in [6, 6.07) is 26.1. The Morgan fingerprint density at radius 1 is 0.720 bits per heavy atom. The Bertz CT molecular complexity index is 970. The SMILES string of the molecule is CCC(O)(CC)c1ccc(-[s+]2c3ccccc3c3ccccc32)cc1. The van der Waals surface area contributed by atoms with Crippen molar-refractivity contribution in [2.24, 2.45) is 0 Å². The lowest BCUT2D eigenvalue weighted by atomic mass is 9.89. The molecule has 1 nitrogen and oxygen atoms in total. The minimum Gasteiger partial charge on any atom is -0.385 e. The van der Waals surface area contributed by atoms with Gasteiger partial charge in [-0.3, -0.25) is 0 Å². The molecule has 1 N–H and O–H groups in total. The number of benzene rings is 3. The van der Waals surface area contributed by atoms with E-state index in [0.717, 1.165) is 18.4 Å². The summed E-state index contributed by atoms with van der Waals surface area (Å²) in [6.07, 6.45) is 1.47. The third-order valence-electron chi connectivity index (χ3n) is 5.30. The first kappa shape index (κ1) is 16.3. The number of aliphatic hydroxyl groups is 1. The number of hydrogen-bond acceptors (Lipinski definition) is 1. The molecule has 0 aliphatic carbocycles. The highest BCUT2D eigenvalue weighted by atomic mass is 32.2. The van der Waals surface area contributed by atoms with Crippen LogP contribution >= 0.6 is 10.5 Å². The van der Waals surface area contributed by atoms with Crippen LogP contribution in [0.4, 0.5) is 0 Å². The average molecular weight is 348 g/mol. The predicted molar refractivity (Wildman–Crippen MR) is 110 cm³/mol. The number of hydrogen-bond donors (Lipinski definition) is 1. The Labute approximate surface area is 151 Å². The lowest BCUT2D eigenvalue weighted by Gasteiger charge is -2.25. The first-order chi connectivity index (χ1) is 12.2. The van der Waals surface area contributed by atoms with Crippen LogP contribution < -0.4 is 0 Å².